The molecule has 2 nitrogen and oxygen atoms in total. The first-order valence-electron chi connectivity index (χ1n) is 6.73. The summed E-state index contributed by atoms with van der Waals surface area (Å²) in [5.41, 5.74) is 6.95. The Morgan fingerprint density at radius 2 is 2.21 bits per heavy atom. The van der Waals surface area contributed by atoms with Gasteiger partial charge in [0.2, 0.25) is 0 Å². The zero-order chi connectivity index (χ0) is 14.0. The Hall–Kier alpha value is -1.16. The van der Waals surface area contributed by atoms with Crippen molar-refractivity contribution in [3.63, 3.8) is 0 Å². The summed E-state index contributed by atoms with van der Waals surface area (Å²) in [4.78, 5) is 0.226. The fraction of sp³-hybridized carbons (Fsp3) is 0.533. The summed E-state index contributed by atoms with van der Waals surface area (Å²) in [6, 6.07) is 5.24. The number of benzene rings is 1. The molecule has 2 rings (SSSR count). The predicted molar refractivity (Wildman–Crippen MR) is 81.9 cm³/mol. The van der Waals surface area contributed by atoms with Gasteiger partial charge >= 0.3 is 0 Å². The summed E-state index contributed by atoms with van der Waals surface area (Å²) >= 11 is 4.85. The van der Waals surface area contributed by atoms with Crippen LogP contribution in [0.2, 0.25) is 0 Å². The molecule has 1 aromatic rings. The molecule has 1 saturated carbocycles. The number of thiocarbonyl (C=S) groups is 1. The van der Waals surface area contributed by atoms with E-state index >= 15 is 0 Å². The molecule has 1 fully saturated rings. The standard InChI is InChI=1S/C15H21FN2S/c1-15(2)7-3-4-11(9-15)18-13-6-5-10(14(17)19)8-12(13)16/h5-6,8,11,18H,3-4,7,9H2,1-2H3,(H2,17,19). The van der Waals surface area contributed by atoms with Crippen molar-refractivity contribution in [1.82, 2.24) is 0 Å². The SMILES string of the molecule is CC1(C)CCCC(Nc2ccc(C(N)=S)cc2F)C1. The Labute approximate surface area is 119 Å². The minimum Gasteiger partial charge on any atom is -0.389 e. The fourth-order valence-corrected chi connectivity index (χ4v) is 2.95. The maximum atomic E-state index is 14.0. The first-order chi connectivity index (χ1) is 8.87. The van der Waals surface area contributed by atoms with Crippen molar-refractivity contribution >= 4 is 22.9 Å². The van der Waals surface area contributed by atoms with Crippen molar-refractivity contribution in [2.45, 2.75) is 45.6 Å². The largest absolute Gasteiger partial charge is 0.389 e. The third-order valence-corrected chi connectivity index (χ3v) is 4.05. The molecule has 0 spiro atoms. The molecule has 0 radical (unpaired) electrons. The van der Waals surface area contributed by atoms with E-state index in [0.717, 1.165) is 12.8 Å². The van der Waals surface area contributed by atoms with Crippen molar-refractivity contribution in [2.75, 3.05) is 5.32 Å². The zero-order valence-electron chi connectivity index (χ0n) is 11.5. The van der Waals surface area contributed by atoms with Crippen LogP contribution in [0, 0.1) is 11.2 Å². The molecule has 19 heavy (non-hydrogen) atoms. The second-order valence-corrected chi connectivity index (χ2v) is 6.60. The van der Waals surface area contributed by atoms with Gasteiger partial charge in [0.15, 0.2) is 0 Å². The minimum absolute atomic E-state index is 0.226. The van der Waals surface area contributed by atoms with E-state index in [9.17, 15) is 4.39 Å². The lowest BCUT2D eigenvalue weighted by Gasteiger charge is -2.36. The molecule has 0 bridgehead atoms. The van der Waals surface area contributed by atoms with Gasteiger partial charge in [-0.1, -0.05) is 32.5 Å². The number of nitrogens with one attached hydrogen (secondary N) is 1. The average Bonchev–Trinajstić information content (AvgIpc) is 2.30. The van der Waals surface area contributed by atoms with Gasteiger partial charge < -0.3 is 11.1 Å². The van der Waals surface area contributed by atoms with Crippen LogP contribution in [0.5, 0.6) is 0 Å². The first-order valence-corrected chi connectivity index (χ1v) is 7.14. The zero-order valence-corrected chi connectivity index (χ0v) is 12.3. The van der Waals surface area contributed by atoms with Crippen molar-refractivity contribution in [1.29, 1.82) is 0 Å². The highest BCUT2D eigenvalue weighted by atomic mass is 32.1. The van der Waals surface area contributed by atoms with Crippen molar-refractivity contribution in [3.8, 4) is 0 Å². The van der Waals surface area contributed by atoms with Gasteiger partial charge in [0.25, 0.3) is 0 Å². The predicted octanol–water partition coefficient (Wildman–Crippen LogP) is 3.84. The Morgan fingerprint density at radius 1 is 1.47 bits per heavy atom. The van der Waals surface area contributed by atoms with Gasteiger partial charge in [-0.25, -0.2) is 4.39 Å². The highest BCUT2D eigenvalue weighted by molar-refractivity contribution is 7.80. The topological polar surface area (TPSA) is 38.0 Å². The van der Waals surface area contributed by atoms with E-state index in [2.05, 4.69) is 19.2 Å². The summed E-state index contributed by atoms with van der Waals surface area (Å²) < 4.78 is 14.0. The van der Waals surface area contributed by atoms with Gasteiger partial charge in [-0.2, -0.15) is 0 Å². The van der Waals surface area contributed by atoms with Gasteiger partial charge in [-0.15, -0.1) is 0 Å². The molecule has 0 amide bonds. The van der Waals surface area contributed by atoms with Crippen LogP contribution in [-0.4, -0.2) is 11.0 Å². The molecular formula is C15H21FN2S. The van der Waals surface area contributed by atoms with E-state index in [4.69, 9.17) is 18.0 Å². The molecule has 0 saturated heterocycles. The van der Waals surface area contributed by atoms with Crippen LogP contribution in [-0.2, 0) is 0 Å². The van der Waals surface area contributed by atoms with E-state index in [-0.39, 0.29) is 10.8 Å². The van der Waals surface area contributed by atoms with Gasteiger partial charge in [0.05, 0.1) is 5.69 Å². The van der Waals surface area contributed by atoms with Crippen LogP contribution >= 0.6 is 12.2 Å². The lowest BCUT2D eigenvalue weighted by molar-refractivity contribution is 0.229. The Kier molecular flexibility index (Phi) is 4.09. The molecule has 1 aliphatic carbocycles. The van der Waals surface area contributed by atoms with E-state index in [1.54, 1.807) is 12.1 Å². The summed E-state index contributed by atoms with van der Waals surface area (Å²) in [5, 5.41) is 3.31. The normalized spacial score (nSPS) is 21.9. The molecule has 1 aromatic carbocycles. The van der Waals surface area contributed by atoms with Gasteiger partial charge in [0.1, 0.15) is 10.8 Å². The Morgan fingerprint density at radius 3 is 2.79 bits per heavy atom. The first kappa shape index (κ1) is 14.3. The maximum Gasteiger partial charge on any atom is 0.146 e. The molecular weight excluding hydrogens is 259 g/mol. The highest BCUT2D eigenvalue weighted by Crippen LogP contribution is 2.36. The van der Waals surface area contributed by atoms with E-state index in [1.165, 1.54) is 18.9 Å². The number of halogens is 1. The number of hydrogen-bond donors (Lipinski definition) is 2. The van der Waals surface area contributed by atoms with Crippen LogP contribution in [0.4, 0.5) is 10.1 Å². The molecule has 3 N–H and O–H groups in total. The summed E-state index contributed by atoms with van der Waals surface area (Å²) in [6.45, 7) is 4.54. The van der Waals surface area contributed by atoms with E-state index in [1.807, 2.05) is 0 Å². The molecule has 1 unspecified atom stereocenters. The lowest BCUT2D eigenvalue weighted by Crippen LogP contribution is -2.32. The van der Waals surface area contributed by atoms with E-state index in [0.29, 0.717) is 22.7 Å². The maximum absolute atomic E-state index is 14.0. The van der Waals surface area contributed by atoms with Crippen LogP contribution in [0.25, 0.3) is 0 Å². The number of anilines is 1. The average molecular weight is 280 g/mol. The van der Waals surface area contributed by atoms with Crippen molar-refractivity contribution in [3.05, 3.63) is 29.6 Å². The highest BCUT2D eigenvalue weighted by Gasteiger charge is 2.28. The van der Waals surface area contributed by atoms with Crippen LogP contribution < -0.4 is 11.1 Å². The second-order valence-electron chi connectivity index (χ2n) is 6.16. The number of hydrogen-bond acceptors (Lipinski definition) is 2. The molecule has 4 heteroatoms. The number of rotatable bonds is 3. The fourth-order valence-electron chi connectivity index (χ4n) is 2.83. The summed E-state index contributed by atoms with van der Waals surface area (Å²) in [5.74, 6) is -0.284. The Bertz CT molecular complexity index is 485. The van der Waals surface area contributed by atoms with Crippen LogP contribution in [0.1, 0.15) is 45.1 Å². The molecule has 104 valence electrons. The molecule has 0 aliphatic heterocycles. The molecule has 1 aliphatic rings. The van der Waals surface area contributed by atoms with Crippen LogP contribution in [0.3, 0.4) is 0 Å². The molecule has 1 atom stereocenters. The quantitative estimate of drug-likeness (QED) is 0.826. The lowest BCUT2D eigenvalue weighted by atomic mass is 9.75. The molecule has 0 heterocycles. The molecule has 0 aromatic heterocycles. The third-order valence-electron chi connectivity index (χ3n) is 3.82. The smallest absolute Gasteiger partial charge is 0.146 e. The minimum atomic E-state index is -0.284. The van der Waals surface area contributed by atoms with Gasteiger partial charge in [-0.05, 0) is 42.9 Å². The summed E-state index contributed by atoms with van der Waals surface area (Å²) in [7, 11) is 0. The number of nitrogens with two attached hydrogens (primary N) is 1. The van der Waals surface area contributed by atoms with Crippen LogP contribution in [0.15, 0.2) is 18.2 Å². The van der Waals surface area contributed by atoms with Gasteiger partial charge in [0, 0.05) is 11.6 Å². The summed E-state index contributed by atoms with van der Waals surface area (Å²) in [6.07, 6.45) is 4.61. The van der Waals surface area contributed by atoms with E-state index < -0.39 is 0 Å². The van der Waals surface area contributed by atoms with Crippen molar-refractivity contribution in [2.24, 2.45) is 11.1 Å². The van der Waals surface area contributed by atoms with Gasteiger partial charge in [-0.3, -0.25) is 0 Å². The monoisotopic (exact) mass is 280 g/mol. The third kappa shape index (κ3) is 3.66. The Balaban J connectivity index is 2.09. The van der Waals surface area contributed by atoms with Crippen molar-refractivity contribution < 1.29 is 4.39 Å². The second kappa shape index (κ2) is 5.45.